The Kier molecular flexibility index (Phi) is 5.05. The number of rotatable bonds is 4. The molecule has 148 valence electrons. The molecule has 0 atom stereocenters. The van der Waals surface area contributed by atoms with Crippen LogP contribution in [0.25, 0.3) is 11.5 Å². The number of sulfonamides is 1. The molecular formula is C20H17FN4O3S. The lowest BCUT2D eigenvalue weighted by molar-refractivity contribution is 0.363. The van der Waals surface area contributed by atoms with Crippen LogP contribution in [0.3, 0.4) is 0 Å². The van der Waals surface area contributed by atoms with Crippen molar-refractivity contribution in [3.63, 3.8) is 0 Å². The van der Waals surface area contributed by atoms with Gasteiger partial charge in [-0.3, -0.25) is 0 Å². The van der Waals surface area contributed by atoms with Gasteiger partial charge in [0.25, 0.3) is 15.1 Å². The minimum atomic E-state index is -4.01. The van der Waals surface area contributed by atoms with Gasteiger partial charge >= 0.3 is 0 Å². The van der Waals surface area contributed by atoms with Crippen molar-refractivity contribution in [3.8, 4) is 17.5 Å². The second-order valence-corrected chi connectivity index (χ2v) is 8.34. The van der Waals surface area contributed by atoms with Crippen LogP contribution in [0, 0.1) is 17.1 Å². The van der Waals surface area contributed by atoms with Crippen LogP contribution < -0.4 is 4.90 Å². The van der Waals surface area contributed by atoms with E-state index in [1.54, 1.807) is 36.4 Å². The predicted molar refractivity (Wildman–Crippen MR) is 104 cm³/mol. The van der Waals surface area contributed by atoms with Crippen molar-refractivity contribution < 1.29 is 17.2 Å². The molecule has 3 aromatic rings. The summed E-state index contributed by atoms with van der Waals surface area (Å²) < 4.78 is 46.0. The first kappa shape index (κ1) is 19.1. The van der Waals surface area contributed by atoms with Gasteiger partial charge in [-0.25, -0.2) is 12.8 Å². The zero-order valence-corrected chi connectivity index (χ0v) is 16.1. The molecule has 0 N–H and O–H groups in total. The number of benzene rings is 2. The smallest absolute Gasteiger partial charge is 0.279 e. The lowest BCUT2D eigenvalue weighted by Crippen LogP contribution is -2.48. The third-order valence-corrected chi connectivity index (χ3v) is 6.52. The predicted octanol–water partition coefficient (Wildman–Crippen LogP) is 2.86. The Morgan fingerprint density at radius 3 is 2.28 bits per heavy atom. The quantitative estimate of drug-likeness (QED) is 0.655. The Morgan fingerprint density at radius 2 is 1.66 bits per heavy atom. The van der Waals surface area contributed by atoms with Crippen LogP contribution in [0.15, 0.2) is 64.1 Å². The number of hydrogen-bond donors (Lipinski definition) is 0. The van der Waals surface area contributed by atoms with Crippen molar-refractivity contribution in [3.05, 3.63) is 66.1 Å². The van der Waals surface area contributed by atoms with E-state index in [4.69, 9.17) is 4.42 Å². The first-order chi connectivity index (χ1) is 14.0. The Hall–Kier alpha value is -3.22. The van der Waals surface area contributed by atoms with Gasteiger partial charge in [-0.15, -0.1) is 0 Å². The van der Waals surface area contributed by atoms with E-state index >= 15 is 0 Å². The zero-order valence-electron chi connectivity index (χ0n) is 15.3. The summed E-state index contributed by atoms with van der Waals surface area (Å²) in [5.41, 5.74) is 1.16. The summed E-state index contributed by atoms with van der Waals surface area (Å²) in [5, 5.41) is 8.92. The summed E-state index contributed by atoms with van der Waals surface area (Å²) in [6, 6.07) is 16.7. The highest BCUT2D eigenvalue weighted by molar-refractivity contribution is 7.89. The second-order valence-electron chi connectivity index (χ2n) is 6.50. The largest absolute Gasteiger partial charge is 0.422 e. The van der Waals surface area contributed by atoms with Gasteiger partial charge in [-0.1, -0.05) is 18.2 Å². The molecule has 0 spiro atoms. The van der Waals surface area contributed by atoms with Gasteiger partial charge in [0.1, 0.15) is 11.9 Å². The number of halogens is 1. The molecule has 0 bridgehead atoms. The van der Waals surface area contributed by atoms with Crippen molar-refractivity contribution in [2.75, 3.05) is 31.1 Å². The standard InChI is InChI=1S/C20H17FN4O3S/c21-16-6-8-17(9-7-16)24-10-12-25(13-11-24)29(26,27)20-18(14-22)23-19(28-20)15-4-2-1-3-5-15/h1-9H,10-13H2. The summed E-state index contributed by atoms with van der Waals surface area (Å²) >= 11 is 0. The van der Waals surface area contributed by atoms with Gasteiger partial charge in [0.05, 0.1) is 0 Å². The molecule has 0 unspecified atom stereocenters. The summed E-state index contributed by atoms with van der Waals surface area (Å²) in [6.45, 7) is 1.30. The molecule has 2 aromatic carbocycles. The topological polar surface area (TPSA) is 90.4 Å². The maximum absolute atomic E-state index is 13.1. The molecule has 1 saturated heterocycles. The van der Waals surface area contributed by atoms with Crippen molar-refractivity contribution in [1.29, 1.82) is 5.26 Å². The number of anilines is 1. The Labute approximate surface area is 167 Å². The molecule has 0 saturated carbocycles. The minimum absolute atomic E-state index is 0.0886. The van der Waals surface area contributed by atoms with Gasteiger partial charge in [-0.2, -0.15) is 14.6 Å². The Balaban J connectivity index is 1.56. The highest BCUT2D eigenvalue weighted by Crippen LogP contribution is 2.28. The molecular weight excluding hydrogens is 395 g/mol. The number of nitriles is 1. The van der Waals surface area contributed by atoms with Crippen LogP contribution in [0.2, 0.25) is 0 Å². The molecule has 0 amide bonds. The first-order valence-electron chi connectivity index (χ1n) is 8.96. The fourth-order valence-corrected chi connectivity index (χ4v) is 4.61. The highest BCUT2D eigenvalue weighted by Gasteiger charge is 2.35. The molecule has 2 heterocycles. The summed E-state index contributed by atoms with van der Waals surface area (Å²) in [5.74, 6) is -0.232. The summed E-state index contributed by atoms with van der Waals surface area (Å²) in [6.07, 6.45) is 0. The van der Waals surface area contributed by atoms with Gasteiger partial charge in [0.2, 0.25) is 5.89 Å². The minimum Gasteiger partial charge on any atom is -0.422 e. The monoisotopic (exact) mass is 412 g/mol. The average Bonchev–Trinajstić information content (AvgIpc) is 3.21. The van der Waals surface area contributed by atoms with Crippen molar-refractivity contribution >= 4 is 15.7 Å². The molecule has 0 radical (unpaired) electrons. The maximum atomic E-state index is 13.1. The SMILES string of the molecule is N#Cc1nc(-c2ccccc2)oc1S(=O)(=O)N1CCN(c2ccc(F)cc2)CC1. The van der Waals surface area contributed by atoms with E-state index in [1.165, 1.54) is 16.4 Å². The van der Waals surface area contributed by atoms with Gasteiger partial charge in [0.15, 0.2) is 5.69 Å². The van der Waals surface area contributed by atoms with Crippen LogP contribution >= 0.6 is 0 Å². The molecule has 9 heteroatoms. The van der Waals surface area contributed by atoms with E-state index in [1.807, 2.05) is 17.0 Å². The molecule has 29 heavy (non-hydrogen) atoms. The number of aromatic nitrogens is 1. The number of nitrogens with zero attached hydrogens (tertiary/aromatic N) is 4. The van der Waals surface area contributed by atoms with Crippen molar-refractivity contribution in [2.24, 2.45) is 0 Å². The third-order valence-electron chi connectivity index (χ3n) is 4.73. The molecule has 1 aliphatic rings. The molecule has 1 aliphatic heterocycles. The Bertz CT molecular complexity index is 1150. The Morgan fingerprint density at radius 1 is 1.00 bits per heavy atom. The lowest BCUT2D eigenvalue weighted by atomic mass is 10.2. The van der Waals surface area contributed by atoms with E-state index < -0.39 is 15.1 Å². The van der Waals surface area contributed by atoms with E-state index in [-0.39, 0.29) is 30.5 Å². The van der Waals surface area contributed by atoms with Gasteiger partial charge < -0.3 is 9.32 Å². The summed E-state index contributed by atoms with van der Waals surface area (Å²) in [7, 11) is -4.01. The fraction of sp³-hybridized carbons (Fsp3) is 0.200. The van der Waals surface area contributed by atoms with Crippen LogP contribution in [-0.4, -0.2) is 43.9 Å². The number of oxazole rings is 1. The number of piperazine rings is 1. The highest BCUT2D eigenvalue weighted by atomic mass is 32.2. The first-order valence-corrected chi connectivity index (χ1v) is 10.4. The van der Waals surface area contributed by atoms with Crippen LogP contribution in [0.4, 0.5) is 10.1 Å². The maximum Gasteiger partial charge on any atom is 0.279 e. The van der Waals surface area contributed by atoms with E-state index in [0.29, 0.717) is 18.7 Å². The lowest BCUT2D eigenvalue weighted by Gasteiger charge is -2.34. The zero-order chi connectivity index (χ0) is 20.4. The van der Waals surface area contributed by atoms with E-state index in [9.17, 15) is 18.1 Å². The molecule has 1 aromatic heterocycles. The normalized spacial score (nSPS) is 15.2. The van der Waals surface area contributed by atoms with Crippen molar-refractivity contribution in [2.45, 2.75) is 5.09 Å². The second kappa shape index (κ2) is 7.66. The van der Waals surface area contributed by atoms with Crippen LogP contribution in [-0.2, 0) is 10.0 Å². The molecule has 4 rings (SSSR count). The molecule has 1 fully saturated rings. The molecule has 0 aliphatic carbocycles. The summed E-state index contributed by atoms with van der Waals surface area (Å²) in [4.78, 5) is 6.03. The fourth-order valence-electron chi connectivity index (χ4n) is 3.21. The molecule has 7 nitrogen and oxygen atoms in total. The van der Waals surface area contributed by atoms with Crippen LogP contribution in [0.1, 0.15) is 5.69 Å². The van der Waals surface area contributed by atoms with Crippen molar-refractivity contribution in [1.82, 2.24) is 9.29 Å². The van der Waals surface area contributed by atoms with E-state index in [0.717, 1.165) is 5.69 Å². The van der Waals surface area contributed by atoms with Gasteiger partial charge in [-0.05, 0) is 36.4 Å². The average molecular weight is 412 g/mol. The third kappa shape index (κ3) is 3.72. The van der Waals surface area contributed by atoms with Gasteiger partial charge in [0, 0.05) is 37.4 Å². The van der Waals surface area contributed by atoms with Crippen LogP contribution in [0.5, 0.6) is 0 Å². The van der Waals surface area contributed by atoms with E-state index in [2.05, 4.69) is 4.98 Å². The number of hydrogen-bond acceptors (Lipinski definition) is 6.